The highest BCUT2D eigenvalue weighted by atomic mass is 16.6. The molecule has 3 aromatic rings. The Balaban J connectivity index is 2.09. The first kappa shape index (κ1) is 23.3. The minimum Gasteiger partial charge on any atom is -0.389 e. The van der Waals surface area contributed by atoms with Crippen LogP contribution in [0.15, 0.2) is 96.6 Å². The summed E-state index contributed by atoms with van der Waals surface area (Å²) in [7, 11) is 0. The lowest BCUT2D eigenvalue weighted by Gasteiger charge is -2.17. The summed E-state index contributed by atoms with van der Waals surface area (Å²) >= 11 is 0. The molecule has 6 heteroatoms. The van der Waals surface area contributed by atoms with Crippen molar-refractivity contribution in [3.63, 3.8) is 0 Å². The average Bonchev–Trinajstić information content (AvgIpc) is 2.82. The number of carbonyl (C=O) groups excluding carboxylic acids is 4. The molecule has 0 aliphatic heterocycles. The largest absolute Gasteiger partial charge is 0.389 e. The first-order chi connectivity index (χ1) is 16.0. The second-order valence-electron chi connectivity index (χ2n) is 7.29. The molecule has 0 heterocycles. The Hall–Kier alpha value is -4.32. The third-order valence-corrected chi connectivity index (χ3v) is 4.69. The third-order valence-electron chi connectivity index (χ3n) is 4.69. The molecule has 3 rings (SSSR count). The number of hydrogen-bond acceptors (Lipinski definition) is 6. The molecule has 0 amide bonds. The number of Topliss-reactive ketones (excluding diaryl/α,β-unsaturated/α-hetero) is 2. The quantitative estimate of drug-likeness (QED) is 0.177. The van der Waals surface area contributed by atoms with Crippen LogP contribution in [-0.2, 0) is 25.7 Å². The molecule has 0 aliphatic rings. The Morgan fingerprint density at radius 2 is 1.24 bits per heavy atom. The van der Waals surface area contributed by atoms with E-state index < -0.39 is 29.9 Å². The van der Waals surface area contributed by atoms with Gasteiger partial charge in [0.15, 0.2) is 0 Å². The van der Waals surface area contributed by atoms with Gasteiger partial charge in [-0.2, -0.15) is 0 Å². The highest BCUT2D eigenvalue weighted by Gasteiger charge is 2.29. The summed E-state index contributed by atoms with van der Waals surface area (Å²) in [6, 6.07) is 26.6. The summed E-state index contributed by atoms with van der Waals surface area (Å²) in [5, 5.41) is 3.18. The lowest BCUT2D eigenvalue weighted by molar-refractivity contribution is -0.157. The molecule has 0 saturated heterocycles. The molecule has 0 spiro atoms. The normalized spacial score (nSPS) is 11.2. The fourth-order valence-electron chi connectivity index (χ4n) is 3.16. The van der Waals surface area contributed by atoms with Crippen molar-refractivity contribution in [2.45, 2.75) is 19.9 Å². The Morgan fingerprint density at radius 3 is 1.79 bits per heavy atom. The van der Waals surface area contributed by atoms with Crippen LogP contribution in [0.4, 0.5) is 0 Å². The number of esters is 2. The molecule has 6 nitrogen and oxygen atoms in total. The van der Waals surface area contributed by atoms with Crippen molar-refractivity contribution >= 4 is 29.2 Å². The maximum atomic E-state index is 13.4. The van der Waals surface area contributed by atoms with Crippen molar-refractivity contribution in [1.29, 1.82) is 0 Å². The average molecular weight is 441 g/mol. The van der Waals surface area contributed by atoms with Gasteiger partial charge in [-0.1, -0.05) is 91.0 Å². The van der Waals surface area contributed by atoms with E-state index in [1.54, 1.807) is 54.6 Å². The highest BCUT2D eigenvalue weighted by Crippen LogP contribution is 2.22. The molecular weight excluding hydrogens is 418 g/mol. The Bertz CT molecular complexity index is 1170. The van der Waals surface area contributed by atoms with Gasteiger partial charge in [0.1, 0.15) is 17.8 Å². The van der Waals surface area contributed by atoms with Crippen LogP contribution in [0.2, 0.25) is 0 Å². The number of carbonyl (C=O) groups is 4. The highest BCUT2D eigenvalue weighted by molar-refractivity contribution is 6.29. The van der Waals surface area contributed by atoms with Crippen LogP contribution in [-0.4, -0.2) is 23.5 Å². The van der Waals surface area contributed by atoms with Gasteiger partial charge in [0, 0.05) is 12.1 Å². The van der Waals surface area contributed by atoms with Crippen LogP contribution in [0.25, 0.3) is 5.70 Å². The summed E-state index contributed by atoms with van der Waals surface area (Å²) in [4.78, 5) is 49.9. The van der Waals surface area contributed by atoms with E-state index in [0.29, 0.717) is 12.1 Å². The first-order valence-corrected chi connectivity index (χ1v) is 10.4. The zero-order valence-electron chi connectivity index (χ0n) is 18.1. The second kappa shape index (κ2) is 11.3. The predicted molar refractivity (Wildman–Crippen MR) is 124 cm³/mol. The number of nitrogens with one attached hydrogen (secondary N) is 1. The number of rotatable bonds is 9. The monoisotopic (exact) mass is 441 g/mol. The maximum absolute atomic E-state index is 13.4. The van der Waals surface area contributed by atoms with Gasteiger partial charge in [0.2, 0.25) is 5.78 Å². The van der Waals surface area contributed by atoms with Gasteiger partial charge in [0.05, 0.1) is 5.70 Å². The molecule has 0 unspecified atom stereocenters. The fraction of sp³-hybridized carbons (Fsp3) is 0.111. The van der Waals surface area contributed by atoms with E-state index in [4.69, 9.17) is 4.74 Å². The predicted octanol–water partition coefficient (Wildman–Crippen LogP) is 4.12. The summed E-state index contributed by atoms with van der Waals surface area (Å²) < 4.78 is 4.90. The molecule has 0 fully saturated rings. The summed E-state index contributed by atoms with van der Waals surface area (Å²) in [5.74, 6) is -3.18. The molecule has 33 heavy (non-hydrogen) atoms. The van der Waals surface area contributed by atoms with Crippen LogP contribution in [0, 0.1) is 0 Å². The number of ketones is 2. The molecular formula is C27H23NO5. The molecule has 0 atom stereocenters. The van der Waals surface area contributed by atoms with E-state index >= 15 is 0 Å². The van der Waals surface area contributed by atoms with Crippen molar-refractivity contribution in [1.82, 2.24) is 5.32 Å². The van der Waals surface area contributed by atoms with Crippen LogP contribution < -0.4 is 5.32 Å². The number of hydrogen-bond donors (Lipinski definition) is 1. The van der Waals surface area contributed by atoms with E-state index in [1.165, 1.54) is 6.92 Å². The zero-order chi connectivity index (χ0) is 23.6. The van der Waals surface area contributed by atoms with Crippen LogP contribution in [0.1, 0.15) is 34.8 Å². The minimum atomic E-state index is -1.12. The Labute approximate surface area is 191 Å². The summed E-state index contributed by atoms with van der Waals surface area (Å²) in [6.45, 7) is 1.54. The number of benzene rings is 3. The van der Waals surface area contributed by atoms with Crippen LogP contribution in [0.5, 0.6) is 0 Å². The van der Waals surface area contributed by atoms with E-state index in [-0.39, 0.29) is 16.8 Å². The van der Waals surface area contributed by atoms with Gasteiger partial charge in [-0.3, -0.25) is 14.4 Å². The van der Waals surface area contributed by atoms with Gasteiger partial charge in [-0.25, -0.2) is 4.79 Å². The molecule has 166 valence electrons. The Kier molecular flexibility index (Phi) is 8.02. The molecule has 1 N–H and O–H groups in total. The molecule has 3 aromatic carbocycles. The zero-order valence-corrected chi connectivity index (χ0v) is 18.1. The van der Waals surface area contributed by atoms with Gasteiger partial charge in [0.25, 0.3) is 0 Å². The topological polar surface area (TPSA) is 89.5 Å². The lowest BCUT2D eigenvalue weighted by atomic mass is 9.97. The summed E-state index contributed by atoms with van der Waals surface area (Å²) in [5.41, 5.74) is 1.68. The first-order valence-electron chi connectivity index (χ1n) is 10.4. The molecule has 0 bridgehead atoms. The maximum Gasteiger partial charge on any atom is 0.351 e. The van der Waals surface area contributed by atoms with Crippen molar-refractivity contribution in [2.24, 2.45) is 0 Å². The number of ether oxygens (including phenoxy) is 1. The van der Waals surface area contributed by atoms with Gasteiger partial charge >= 0.3 is 11.9 Å². The standard InChI is InChI=1S/C27H23NO5/c1-19(29)17-23(30)33-27(32)24(26(31)22-15-9-4-10-16-22)25(21-13-7-3-8-14-21)28-18-20-11-5-2-6-12-20/h2-16,28H,17-18H2,1H3/b25-24-. The molecule has 0 radical (unpaired) electrons. The minimum absolute atomic E-state index is 0.230. The fourth-order valence-corrected chi connectivity index (χ4v) is 3.16. The van der Waals surface area contributed by atoms with Crippen LogP contribution >= 0.6 is 0 Å². The van der Waals surface area contributed by atoms with Crippen LogP contribution in [0.3, 0.4) is 0 Å². The van der Waals surface area contributed by atoms with Crippen molar-refractivity contribution in [3.8, 4) is 0 Å². The van der Waals surface area contributed by atoms with Gasteiger partial charge < -0.3 is 10.1 Å². The van der Waals surface area contributed by atoms with E-state index in [2.05, 4.69) is 5.32 Å². The van der Waals surface area contributed by atoms with Gasteiger partial charge in [-0.05, 0) is 18.1 Å². The van der Waals surface area contributed by atoms with Crippen molar-refractivity contribution in [3.05, 3.63) is 113 Å². The van der Waals surface area contributed by atoms with E-state index in [1.807, 2.05) is 36.4 Å². The summed E-state index contributed by atoms with van der Waals surface area (Å²) in [6.07, 6.45) is -0.559. The smallest absolute Gasteiger partial charge is 0.351 e. The van der Waals surface area contributed by atoms with E-state index in [9.17, 15) is 19.2 Å². The molecule has 0 aromatic heterocycles. The molecule has 0 aliphatic carbocycles. The SMILES string of the molecule is CC(=O)CC(=O)OC(=O)/C(C(=O)c1ccccc1)=C(\NCc1ccccc1)c1ccccc1. The third kappa shape index (κ3) is 6.58. The lowest BCUT2D eigenvalue weighted by Crippen LogP contribution is -2.26. The van der Waals surface area contributed by atoms with Crippen molar-refractivity contribution < 1.29 is 23.9 Å². The van der Waals surface area contributed by atoms with Crippen molar-refractivity contribution in [2.75, 3.05) is 0 Å². The second-order valence-corrected chi connectivity index (χ2v) is 7.29. The molecule has 0 saturated carbocycles. The van der Waals surface area contributed by atoms with Gasteiger partial charge in [-0.15, -0.1) is 0 Å². The Morgan fingerprint density at radius 1 is 0.727 bits per heavy atom. The van der Waals surface area contributed by atoms with E-state index in [0.717, 1.165) is 5.56 Å².